The molecule has 246 valence electrons. The summed E-state index contributed by atoms with van der Waals surface area (Å²) in [5, 5.41) is 15.4. The van der Waals surface area contributed by atoms with E-state index in [9.17, 15) is 23.5 Å². The second-order valence-electron chi connectivity index (χ2n) is 11.1. The Balaban J connectivity index is 1.42. The number of aliphatic hydroxyl groups is 1. The molecular weight excluding hydrogens is 689 g/mol. The molecule has 0 radical (unpaired) electrons. The van der Waals surface area contributed by atoms with Crippen LogP contribution in [-0.4, -0.2) is 53.4 Å². The number of aromatic nitrogens is 2. The minimum Gasteiger partial charge on any atom is -0.494 e. The predicted molar refractivity (Wildman–Crippen MR) is 165 cm³/mol. The number of halogens is 4. The second kappa shape index (κ2) is 12.2. The lowest BCUT2D eigenvalue weighted by Gasteiger charge is -2.30. The molecule has 1 saturated carbocycles. The highest BCUT2D eigenvalue weighted by Crippen LogP contribution is 2.49. The summed E-state index contributed by atoms with van der Waals surface area (Å²) in [6.07, 6.45) is -1.94. The molecule has 2 aromatic heterocycles. The first-order chi connectivity index (χ1) is 22.3. The molecule has 2 aliphatic rings. The molecule has 6 rings (SSSR count). The molecule has 2 aromatic carbocycles. The maximum atomic E-state index is 16.5. The van der Waals surface area contributed by atoms with Crippen LogP contribution in [0.5, 0.6) is 23.0 Å². The van der Waals surface area contributed by atoms with Crippen molar-refractivity contribution in [2.24, 2.45) is 11.7 Å². The number of hydrogen-bond acceptors (Lipinski definition) is 9. The quantitative estimate of drug-likeness (QED) is 0.195. The first-order valence-electron chi connectivity index (χ1n) is 14.5. The average molecular weight is 717 g/mol. The lowest BCUT2D eigenvalue weighted by Crippen LogP contribution is -2.44. The third-order valence-electron chi connectivity index (χ3n) is 7.88. The number of methoxy groups -OCH3 is 1. The number of rotatable bonds is 11. The van der Waals surface area contributed by atoms with Crippen molar-refractivity contribution >= 4 is 38.6 Å². The van der Waals surface area contributed by atoms with Crippen LogP contribution < -0.4 is 30.0 Å². The number of amides is 2. The van der Waals surface area contributed by atoms with Gasteiger partial charge in [0.05, 0.1) is 26.7 Å². The third-order valence-corrected chi connectivity index (χ3v) is 8.31. The van der Waals surface area contributed by atoms with Crippen LogP contribution in [0.3, 0.4) is 0 Å². The maximum Gasteiger partial charge on any atom is 0.586 e. The van der Waals surface area contributed by atoms with E-state index in [1.165, 1.54) is 31.4 Å². The van der Waals surface area contributed by atoms with E-state index in [-0.39, 0.29) is 46.2 Å². The number of primary amides is 1. The number of nitrogens with zero attached hydrogens (tertiary/aromatic N) is 2. The number of benzene rings is 2. The average Bonchev–Trinajstić information content (AvgIpc) is 3.83. The monoisotopic (exact) mass is 716 g/mol. The molecule has 3 heterocycles. The highest BCUT2D eigenvalue weighted by molar-refractivity contribution is 9.10. The topological polar surface area (TPSA) is 155 Å². The van der Waals surface area contributed by atoms with E-state index in [1.54, 1.807) is 25.3 Å². The van der Waals surface area contributed by atoms with Gasteiger partial charge in [0, 0.05) is 32.7 Å². The summed E-state index contributed by atoms with van der Waals surface area (Å²) in [7, 11) is 1.44. The molecule has 15 heteroatoms. The number of carbonyl (C=O) groups is 2. The fourth-order valence-corrected chi connectivity index (χ4v) is 5.93. The van der Waals surface area contributed by atoms with E-state index >= 15 is 4.39 Å². The SMILES string of the molecule is CCOc1c(-c2ccc3c(c2)OC(F)(F)O3)nc([C@@](O)(CNC(=O)c2cc(OC)c3ncc(Br)cc3c2)C2CC2)c(F)c1CC(N)=O. The summed E-state index contributed by atoms with van der Waals surface area (Å²) in [6.45, 7) is 1.18. The van der Waals surface area contributed by atoms with E-state index in [0.717, 1.165) is 0 Å². The third kappa shape index (κ3) is 6.24. The number of alkyl halides is 2. The van der Waals surface area contributed by atoms with E-state index in [1.807, 2.05) is 0 Å². The highest BCUT2D eigenvalue weighted by Gasteiger charge is 2.49. The van der Waals surface area contributed by atoms with Crippen molar-refractivity contribution in [3.8, 4) is 34.3 Å². The molecular formula is C32H28BrF3N4O7. The van der Waals surface area contributed by atoms with Crippen molar-refractivity contribution < 1.29 is 46.8 Å². The van der Waals surface area contributed by atoms with E-state index in [0.29, 0.717) is 34.0 Å². The van der Waals surface area contributed by atoms with Crippen LogP contribution in [0.25, 0.3) is 22.2 Å². The smallest absolute Gasteiger partial charge is 0.494 e. The number of nitrogens with two attached hydrogens (primary N) is 1. The van der Waals surface area contributed by atoms with Gasteiger partial charge in [-0.1, -0.05) is 0 Å². The Kier molecular flexibility index (Phi) is 8.38. The highest BCUT2D eigenvalue weighted by atomic mass is 79.9. The number of pyridine rings is 2. The van der Waals surface area contributed by atoms with E-state index in [2.05, 4.69) is 40.7 Å². The largest absolute Gasteiger partial charge is 0.586 e. The van der Waals surface area contributed by atoms with Crippen LogP contribution in [0.4, 0.5) is 13.2 Å². The number of hydrogen-bond donors (Lipinski definition) is 3. The van der Waals surface area contributed by atoms with Gasteiger partial charge in [0.15, 0.2) is 23.1 Å². The summed E-state index contributed by atoms with van der Waals surface area (Å²) in [5.41, 5.74) is 3.47. The zero-order chi connectivity index (χ0) is 33.7. The molecule has 0 spiro atoms. The molecule has 2 amide bonds. The van der Waals surface area contributed by atoms with Gasteiger partial charge in [0.2, 0.25) is 5.91 Å². The summed E-state index contributed by atoms with van der Waals surface area (Å²) in [5.74, 6) is -3.41. The summed E-state index contributed by atoms with van der Waals surface area (Å²) in [6, 6.07) is 8.66. The van der Waals surface area contributed by atoms with Crippen molar-refractivity contribution in [1.82, 2.24) is 15.3 Å². The van der Waals surface area contributed by atoms with Gasteiger partial charge in [-0.25, -0.2) is 9.37 Å². The van der Waals surface area contributed by atoms with E-state index in [4.69, 9.17) is 15.2 Å². The van der Waals surface area contributed by atoms with E-state index < -0.39 is 54.1 Å². The van der Waals surface area contributed by atoms with Crippen molar-refractivity contribution in [3.05, 3.63) is 69.7 Å². The molecule has 11 nitrogen and oxygen atoms in total. The first kappa shape index (κ1) is 32.3. The lowest BCUT2D eigenvalue weighted by atomic mass is 9.89. The minimum atomic E-state index is -3.89. The minimum absolute atomic E-state index is 0.0200. The van der Waals surface area contributed by atoms with Gasteiger partial charge in [0.1, 0.15) is 28.3 Å². The summed E-state index contributed by atoms with van der Waals surface area (Å²) >= 11 is 3.37. The molecule has 1 atom stereocenters. The van der Waals surface area contributed by atoms with Crippen molar-refractivity contribution in [2.75, 3.05) is 20.3 Å². The maximum absolute atomic E-state index is 16.5. The molecule has 0 bridgehead atoms. The van der Waals surface area contributed by atoms with Crippen LogP contribution >= 0.6 is 15.9 Å². The van der Waals surface area contributed by atoms with Crippen LogP contribution in [0.15, 0.2) is 47.1 Å². The summed E-state index contributed by atoms with van der Waals surface area (Å²) < 4.78 is 65.0. The van der Waals surface area contributed by atoms with Crippen LogP contribution in [-0.2, 0) is 16.8 Å². The summed E-state index contributed by atoms with van der Waals surface area (Å²) in [4.78, 5) is 34.4. The Morgan fingerprint density at radius 3 is 2.62 bits per heavy atom. The Morgan fingerprint density at radius 2 is 1.94 bits per heavy atom. The zero-order valence-corrected chi connectivity index (χ0v) is 26.6. The molecule has 1 aliphatic carbocycles. The Labute approximate surface area is 274 Å². The van der Waals surface area contributed by atoms with Gasteiger partial charge in [-0.05, 0) is 78.0 Å². The van der Waals surface area contributed by atoms with Gasteiger partial charge >= 0.3 is 6.29 Å². The van der Waals surface area contributed by atoms with Gasteiger partial charge in [0.25, 0.3) is 5.91 Å². The Bertz CT molecular complexity index is 1920. The fraction of sp³-hybridized carbons (Fsp3) is 0.312. The number of nitrogens with one attached hydrogen (secondary N) is 1. The molecule has 0 saturated heterocycles. The standard InChI is InChI=1S/C32H28BrF3N4O7/c1-3-45-28-20(12-24(37)41)25(34)29(40-27(28)15-4-7-21-22(10-15)47-32(35,36)46-21)31(43,18-5-6-18)14-39-30(42)17-8-16-9-19(33)13-38-26(16)23(11-17)44-2/h4,7-11,13,18,43H,3,5-6,12,14H2,1-2H3,(H2,37,41)(H,39,42)/t31-/m1/s1. The zero-order valence-electron chi connectivity index (χ0n) is 25.0. The molecule has 47 heavy (non-hydrogen) atoms. The van der Waals surface area contributed by atoms with Crippen LogP contribution in [0, 0.1) is 11.7 Å². The lowest BCUT2D eigenvalue weighted by molar-refractivity contribution is -0.286. The predicted octanol–water partition coefficient (Wildman–Crippen LogP) is 4.98. The first-order valence-corrected chi connectivity index (χ1v) is 15.3. The van der Waals surface area contributed by atoms with Crippen LogP contribution in [0.2, 0.25) is 0 Å². The second-order valence-corrected chi connectivity index (χ2v) is 12.0. The van der Waals surface area contributed by atoms with Crippen molar-refractivity contribution in [2.45, 2.75) is 38.1 Å². The van der Waals surface area contributed by atoms with Gasteiger partial charge in [-0.3, -0.25) is 14.6 Å². The molecule has 0 unspecified atom stereocenters. The normalized spacial score (nSPS) is 16.1. The molecule has 4 aromatic rings. The molecule has 4 N–H and O–H groups in total. The Hall–Kier alpha value is -4.63. The van der Waals surface area contributed by atoms with Gasteiger partial charge < -0.3 is 35.1 Å². The van der Waals surface area contributed by atoms with Crippen molar-refractivity contribution in [1.29, 1.82) is 0 Å². The number of carbonyl (C=O) groups excluding carboxylic acids is 2. The molecule has 1 fully saturated rings. The van der Waals surface area contributed by atoms with Crippen LogP contribution in [0.1, 0.15) is 41.4 Å². The fourth-order valence-electron chi connectivity index (χ4n) is 5.58. The number of fused-ring (bicyclic) bond motifs is 2. The Morgan fingerprint density at radius 1 is 1.19 bits per heavy atom. The van der Waals surface area contributed by atoms with Gasteiger partial charge in [-0.15, -0.1) is 8.78 Å². The van der Waals surface area contributed by atoms with Gasteiger partial charge in [-0.2, -0.15) is 0 Å². The molecule has 1 aliphatic heterocycles. The number of ether oxygens (including phenoxy) is 4. The van der Waals surface area contributed by atoms with Crippen molar-refractivity contribution in [3.63, 3.8) is 0 Å².